The van der Waals surface area contributed by atoms with Gasteiger partial charge in [0.2, 0.25) is 5.91 Å². The summed E-state index contributed by atoms with van der Waals surface area (Å²) in [6.07, 6.45) is 0.153. The minimum atomic E-state index is -0.239. The van der Waals surface area contributed by atoms with Crippen LogP contribution >= 0.6 is 0 Å². The summed E-state index contributed by atoms with van der Waals surface area (Å²) in [6.45, 7) is 4.72. The van der Waals surface area contributed by atoms with E-state index in [4.69, 9.17) is 4.74 Å². The zero-order chi connectivity index (χ0) is 16.1. The molecule has 1 saturated heterocycles. The Bertz CT molecular complexity index is 737. The van der Waals surface area contributed by atoms with Crippen molar-refractivity contribution in [3.05, 3.63) is 40.3 Å². The maximum Gasteiger partial charge on any atom is 0.272 e. The van der Waals surface area contributed by atoms with Crippen molar-refractivity contribution in [1.29, 1.82) is 0 Å². The first-order valence-electron chi connectivity index (χ1n) is 7.77. The largest absolute Gasteiger partial charge is 0.379 e. The Labute approximate surface area is 133 Å². The zero-order valence-electron chi connectivity index (χ0n) is 12.9. The molecule has 1 fully saturated rings. The third-order valence-corrected chi connectivity index (χ3v) is 3.96. The Morgan fingerprint density at radius 3 is 2.78 bits per heavy atom. The summed E-state index contributed by atoms with van der Waals surface area (Å²) >= 11 is 0. The van der Waals surface area contributed by atoms with Crippen LogP contribution < -0.4 is 10.9 Å². The number of carbonyl (C=O) groups excluding carboxylic acids is 1. The zero-order valence-corrected chi connectivity index (χ0v) is 12.9. The molecule has 7 heteroatoms. The molecule has 3 rings (SSSR count). The first-order valence-corrected chi connectivity index (χ1v) is 7.77. The quantitative estimate of drug-likeness (QED) is 0.805. The molecule has 7 nitrogen and oxygen atoms in total. The molecular formula is C16H20N4O3. The first-order chi connectivity index (χ1) is 11.2. The summed E-state index contributed by atoms with van der Waals surface area (Å²) in [7, 11) is 0. The lowest BCUT2D eigenvalue weighted by Gasteiger charge is -2.26. The number of amides is 1. The number of nitrogens with zero attached hydrogens (tertiary/aromatic N) is 2. The van der Waals surface area contributed by atoms with Crippen LogP contribution in [0.2, 0.25) is 0 Å². The van der Waals surface area contributed by atoms with Crippen LogP contribution in [0, 0.1) is 0 Å². The van der Waals surface area contributed by atoms with E-state index in [1.807, 2.05) is 12.1 Å². The first kappa shape index (κ1) is 15.6. The fourth-order valence-electron chi connectivity index (χ4n) is 2.70. The molecular weight excluding hydrogens is 296 g/mol. The monoisotopic (exact) mass is 316 g/mol. The van der Waals surface area contributed by atoms with E-state index in [2.05, 4.69) is 20.4 Å². The molecule has 0 radical (unpaired) electrons. The molecule has 2 N–H and O–H groups in total. The number of fused-ring (bicyclic) bond motifs is 1. The van der Waals surface area contributed by atoms with Crippen molar-refractivity contribution in [3.63, 3.8) is 0 Å². The van der Waals surface area contributed by atoms with Crippen LogP contribution in [0.1, 0.15) is 5.69 Å². The topological polar surface area (TPSA) is 87.3 Å². The fraction of sp³-hybridized carbons (Fsp3) is 0.438. The molecule has 0 bridgehead atoms. The Morgan fingerprint density at radius 1 is 1.26 bits per heavy atom. The van der Waals surface area contributed by atoms with Gasteiger partial charge in [0.15, 0.2) is 0 Å². The van der Waals surface area contributed by atoms with Gasteiger partial charge >= 0.3 is 0 Å². The molecule has 1 aromatic carbocycles. The van der Waals surface area contributed by atoms with Crippen LogP contribution in [0.3, 0.4) is 0 Å². The van der Waals surface area contributed by atoms with Crippen LogP contribution in [0.25, 0.3) is 10.8 Å². The van der Waals surface area contributed by atoms with Crippen LogP contribution in [0.15, 0.2) is 29.1 Å². The lowest BCUT2D eigenvalue weighted by Crippen LogP contribution is -2.41. The molecule has 0 unspecified atom stereocenters. The van der Waals surface area contributed by atoms with E-state index < -0.39 is 0 Å². The van der Waals surface area contributed by atoms with E-state index in [1.54, 1.807) is 12.1 Å². The van der Waals surface area contributed by atoms with Crippen molar-refractivity contribution in [2.24, 2.45) is 0 Å². The standard InChI is InChI=1S/C16H20N4O3/c21-15(17-5-6-20-7-9-23-10-8-20)11-14-12-3-1-2-4-13(12)16(22)19-18-14/h1-4H,5-11H2,(H,17,21)(H,19,22). The van der Waals surface area contributed by atoms with Gasteiger partial charge in [-0.3, -0.25) is 14.5 Å². The molecule has 23 heavy (non-hydrogen) atoms. The average Bonchev–Trinajstić information content (AvgIpc) is 2.59. The number of ether oxygens (including phenoxy) is 1. The highest BCUT2D eigenvalue weighted by atomic mass is 16.5. The second-order valence-corrected chi connectivity index (χ2v) is 5.53. The smallest absolute Gasteiger partial charge is 0.272 e. The molecule has 0 spiro atoms. The Hall–Kier alpha value is -2.25. The molecule has 0 atom stereocenters. The van der Waals surface area contributed by atoms with Gasteiger partial charge < -0.3 is 10.1 Å². The van der Waals surface area contributed by atoms with Crippen LogP contribution in [0.4, 0.5) is 0 Å². The molecule has 1 aliphatic heterocycles. The van der Waals surface area contributed by atoms with E-state index in [9.17, 15) is 9.59 Å². The Kier molecular flexibility index (Phi) is 4.99. The van der Waals surface area contributed by atoms with Crippen LogP contribution in [-0.2, 0) is 16.0 Å². The molecule has 122 valence electrons. The Morgan fingerprint density at radius 2 is 2.00 bits per heavy atom. The maximum absolute atomic E-state index is 12.1. The number of nitrogens with one attached hydrogen (secondary N) is 2. The van der Waals surface area contributed by atoms with Gasteiger partial charge in [-0.1, -0.05) is 18.2 Å². The number of carbonyl (C=O) groups is 1. The van der Waals surface area contributed by atoms with E-state index in [0.29, 0.717) is 17.6 Å². The summed E-state index contributed by atoms with van der Waals surface area (Å²) in [4.78, 5) is 26.1. The molecule has 0 saturated carbocycles. The number of morpholine rings is 1. The SMILES string of the molecule is O=C(Cc1n[nH]c(=O)c2ccccc12)NCCN1CCOCC1. The van der Waals surface area contributed by atoms with Gasteiger partial charge in [-0.25, -0.2) is 5.10 Å². The fourth-order valence-corrected chi connectivity index (χ4v) is 2.70. The minimum absolute atomic E-state index is 0.0945. The average molecular weight is 316 g/mol. The van der Waals surface area contributed by atoms with E-state index >= 15 is 0 Å². The molecule has 0 aliphatic carbocycles. The van der Waals surface area contributed by atoms with Crippen molar-refractivity contribution in [2.75, 3.05) is 39.4 Å². The lowest BCUT2D eigenvalue weighted by molar-refractivity contribution is -0.120. The van der Waals surface area contributed by atoms with Crippen molar-refractivity contribution in [3.8, 4) is 0 Å². The highest BCUT2D eigenvalue weighted by Gasteiger charge is 2.12. The van der Waals surface area contributed by atoms with Gasteiger partial charge in [0.25, 0.3) is 5.56 Å². The summed E-state index contributed by atoms with van der Waals surface area (Å²) in [6, 6.07) is 7.18. The number of hydrogen-bond donors (Lipinski definition) is 2. The number of aromatic amines is 1. The number of rotatable bonds is 5. The second kappa shape index (κ2) is 7.34. The molecule has 2 heterocycles. The van der Waals surface area contributed by atoms with E-state index in [1.165, 1.54) is 0 Å². The number of H-pyrrole nitrogens is 1. The highest BCUT2D eigenvalue weighted by molar-refractivity contribution is 5.88. The van der Waals surface area contributed by atoms with E-state index in [0.717, 1.165) is 38.2 Å². The molecule has 1 aliphatic rings. The number of aromatic nitrogens is 2. The van der Waals surface area contributed by atoms with Gasteiger partial charge in [-0.15, -0.1) is 0 Å². The van der Waals surface area contributed by atoms with Crippen molar-refractivity contribution < 1.29 is 9.53 Å². The third kappa shape index (κ3) is 3.94. The number of benzene rings is 1. The van der Waals surface area contributed by atoms with Gasteiger partial charge in [-0.05, 0) is 6.07 Å². The van der Waals surface area contributed by atoms with Crippen molar-refractivity contribution in [2.45, 2.75) is 6.42 Å². The summed E-state index contributed by atoms with van der Waals surface area (Å²) < 4.78 is 5.29. The number of hydrogen-bond acceptors (Lipinski definition) is 5. The van der Waals surface area contributed by atoms with E-state index in [-0.39, 0.29) is 17.9 Å². The van der Waals surface area contributed by atoms with Gasteiger partial charge in [0.1, 0.15) is 0 Å². The van der Waals surface area contributed by atoms with Crippen molar-refractivity contribution >= 4 is 16.7 Å². The van der Waals surface area contributed by atoms with Crippen molar-refractivity contribution in [1.82, 2.24) is 20.4 Å². The molecule has 1 amide bonds. The van der Waals surface area contributed by atoms with Crippen LogP contribution in [-0.4, -0.2) is 60.4 Å². The second-order valence-electron chi connectivity index (χ2n) is 5.53. The van der Waals surface area contributed by atoms with Gasteiger partial charge in [-0.2, -0.15) is 5.10 Å². The lowest BCUT2D eigenvalue weighted by atomic mass is 10.1. The van der Waals surface area contributed by atoms with Gasteiger partial charge in [0.05, 0.1) is 30.7 Å². The summed E-state index contributed by atoms with van der Waals surface area (Å²) in [5, 5.41) is 10.6. The maximum atomic E-state index is 12.1. The molecule has 1 aromatic heterocycles. The Balaban J connectivity index is 1.57. The summed E-state index contributed by atoms with van der Waals surface area (Å²) in [5.41, 5.74) is 0.348. The predicted octanol–water partition coefficient (Wildman–Crippen LogP) is -0.0860. The highest BCUT2D eigenvalue weighted by Crippen LogP contribution is 2.12. The molecule has 2 aromatic rings. The van der Waals surface area contributed by atoms with Gasteiger partial charge in [0, 0.05) is 31.6 Å². The minimum Gasteiger partial charge on any atom is -0.379 e. The third-order valence-electron chi connectivity index (χ3n) is 3.96. The normalized spacial score (nSPS) is 15.7. The van der Waals surface area contributed by atoms with Crippen LogP contribution in [0.5, 0.6) is 0 Å². The predicted molar refractivity (Wildman–Crippen MR) is 86.3 cm³/mol. The summed E-state index contributed by atoms with van der Waals surface area (Å²) in [5.74, 6) is -0.0945.